The van der Waals surface area contributed by atoms with E-state index in [-0.39, 0.29) is 12.6 Å². The number of carbonyl (C=O) groups is 2. The Kier molecular flexibility index (Phi) is 7.82. The van der Waals surface area contributed by atoms with Gasteiger partial charge in [-0.2, -0.15) is 0 Å². The van der Waals surface area contributed by atoms with E-state index >= 15 is 0 Å². The largest absolute Gasteiger partial charge is 0.479 e. The van der Waals surface area contributed by atoms with Gasteiger partial charge < -0.3 is 18.8 Å². The zero-order valence-electron chi connectivity index (χ0n) is 19.3. The van der Waals surface area contributed by atoms with Crippen molar-refractivity contribution in [2.45, 2.75) is 39.8 Å². The van der Waals surface area contributed by atoms with Gasteiger partial charge in [-0.05, 0) is 67.8 Å². The zero-order chi connectivity index (χ0) is 24.1. The van der Waals surface area contributed by atoms with Crippen LogP contribution >= 0.6 is 11.6 Å². The lowest BCUT2D eigenvalue weighted by Crippen LogP contribution is -2.27. The fourth-order valence-electron chi connectivity index (χ4n) is 3.71. The molecular weight excluding hydrogens is 442 g/mol. The van der Waals surface area contributed by atoms with Gasteiger partial charge in [-0.15, -0.1) is 0 Å². The number of esters is 2. The van der Waals surface area contributed by atoms with E-state index in [0.29, 0.717) is 29.3 Å². The van der Waals surface area contributed by atoms with Crippen LogP contribution in [-0.4, -0.2) is 36.3 Å². The number of nitrogens with zero attached hydrogens (tertiary/aromatic N) is 1. The molecule has 0 amide bonds. The molecule has 3 rings (SSSR count). The van der Waals surface area contributed by atoms with Crippen LogP contribution in [0.4, 0.5) is 0 Å². The molecule has 0 fully saturated rings. The zero-order valence-corrected chi connectivity index (χ0v) is 20.1. The summed E-state index contributed by atoms with van der Waals surface area (Å²) in [7, 11) is 1.34. The third kappa shape index (κ3) is 5.22. The summed E-state index contributed by atoms with van der Waals surface area (Å²) in [5.41, 5.74) is 4.46. The fraction of sp³-hybridized carbons (Fsp3) is 0.308. The van der Waals surface area contributed by atoms with E-state index < -0.39 is 12.1 Å². The van der Waals surface area contributed by atoms with Crippen molar-refractivity contribution in [2.75, 3.05) is 13.7 Å². The fourth-order valence-corrected chi connectivity index (χ4v) is 3.89. The monoisotopic (exact) mass is 469 g/mol. The number of halogens is 1. The minimum absolute atomic E-state index is 0.168. The van der Waals surface area contributed by atoms with Gasteiger partial charge >= 0.3 is 11.9 Å². The van der Waals surface area contributed by atoms with E-state index in [9.17, 15) is 9.59 Å². The molecule has 3 aromatic rings. The normalized spacial score (nSPS) is 11.8. The highest BCUT2D eigenvalue weighted by Gasteiger charge is 2.20. The SMILES string of the molecule is C=CCOC(=O)c1ccc2c(c1)c(C)c(C)n2Cc1cc(O[C@H](CC)C(=O)OC)ccc1Cl. The van der Waals surface area contributed by atoms with Gasteiger partial charge in [0, 0.05) is 28.2 Å². The van der Waals surface area contributed by atoms with Gasteiger partial charge in [-0.25, -0.2) is 9.59 Å². The number of benzene rings is 2. The molecule has 0 radical (unpaired) electrons. The van der Waals surface area contributed by atoms with Gasteiger partial charge in [0.05, 0.1) is 12.7 Å². The van der Waals surface area contributed by atoms with Crippen LogP contribution in [0, 0.1) is 13.8 Å². The number of ether oxygens (including phenoxy) is 3. The standard InChI is InChI=1S/C26H28ClNO5/c1-6-12-32-25(29)18-8-11-23-21(14-18)16(3)17(4)28(23)15-19-13-20(9-10-22(19)27)33-24(7-2)26(30)31-5/h6,8-11,13-14,24H,1,7,12,15H2,2-5H3/t24-/m1/s1. The van der Waals surface area contributed by atoms with Crippen molar-refractivity contribution >= 4 is 34.4 Å². The molecule has 1 heterocycles. The molecule has 2 aromatic carbocycles. The average Bonchev–Trinajstić information content (AvgIpc) is 3.06. The van der Waals surface area contributed by atoms with Gasteiger partial charge in [-0.3, -0.25) is 0 Å². The average molecular weight is 470 g/mol. The first-order valence-corrected chi connectivity index (χ1v) is 11.1. The summed E-state index contributed by atoms with van der Waals surface area (Å²) in [5, 5.41) is 1.57. The van der Waals surface area contributed by atoms with Crippen LogP contribution < -0.4 is 4.74 Å². The van der Waals surface area contributed by atoms with Crippen LogP contribution in [0.15, 0.2) is 49.1 Å². The van der Waals surface area contributed by atoms with Crippen molar-refractivity contribution in [3.63, 3.8) is 0 Å². The van der Waals surface area contributed by atoms with Gasteiger partial charge in [0.25, 0.3) is 0 Å². The van der Waals surface area contributed by atoms with Gasteiger partial charge in [0.15, 0.2) is 6.10 Å². The molecule has 174 valence electrons. The summed E-state index contributed by atoms with van der Waals surface area (Å²) in [6, 6.07) is 10.9. The maximum atomic E-state index is 12.3. The highest BCUT2D eigenvalue weighted by Crippen LogP contribution is 2.30. The van der Waals surface area contributed by atoms with E-state index in [2.05, 4.69) is 11.1 Å². The minimum atomic E-state index is -0.681. The van der Waals surface area contributed by atoms with Gasteiger partial charge in [0.1, 0.15) is 12.4 Å². The molecule has 33 heavy (non-hydrogen) atoms. The quantitative estimate of drug-likeness (QED) is 0.300. The smallest absolute Gasteiger partial charge is 0.347 e. The number of rotatable bonds is 9. The van der Waals surface area contributed by atoms with Gasteiger partial charge in [0.2, 0.25) is 0 Å². The third-order valence-electron chi connectivity index (χ3n) is 5.67. The second-order valence-electron chi connectivity index (χ2n) is 7.71. The maximum Gasteiger partial charge on any atom is 0.347 e. The molecule has 1 aromatic heterocycles. The highest BCUT2D eigenvalue weighted by atomic mass is 35.5. The van der Waals surface area contributed by atoms with Crippen molar-refractivity contribution in [1.29, 1.82) is 0 Å². The summed E-state index contributed by atoms with van der Waals surface area (Å²) in [5.74, 6) is -0.255. The second-order valence-corrected chi connectivity index (χ2v) is 8.11. The van der Waals surface area contributed by atoms with Crippen LogP contribution in [0.2, 0.25) is 5.02 Å². The van der Waals surface area contributed by atoms with Crippen molar-refractivity contribution in [3.05, 3.63) is 76.5 Å². The van der Waals surface area contributed by atoms with Crippen LogP contribution in [0.1, 0.15) is 40.5 Å². The Balaban J connectivity index is 1.94. The molecule has 6 nitrogen and oxygen atoms in total. The number of fused-ring (bicyclic) bond motifs is 1. The number of hydrogen-bond acceptors (Lipinski definition) is 5. The number of carbonyl (C=O) groups excluding carboxylic acids is 2. The van der Waals surface area contributed by atoms with Crippen molar-refractivity contribution in [1.82, 2.24) is 4.57 Å². The van der Waals surface area contributed by atoms with Crippen LogP contribution in [0.25, 0.3) is 10.9 Å². The van der Waals surface area contributed by atoms with Crippen molar-refractivity contribution in [3.8, 4) is 5.75 Å². The predicted molar refractivity (Wildman–Crippen MR) is 129 cm³/mol. The Labute approximate surface area is 198 Å². The number of hydrogen-bond donors (Lipinski definition) is 0. The molecule has 1 atom stereocenters. The molecule has 0 aliphatic rings. The summed E-state index contributed by atoms with van der Waals surface area (Å²) >= 11 is 6.50. The van der Waals surface area contributed by atoms with Crippen LogP contribution in [0.5, 0.6) is 5.75 Å². The molecule has 0 saturated carbocycles. The Bertz CT molecular complexity index is 1200. The summed E-state index contributed by atoms with van der Waals surface area (Å²) in [6.45, 7) is 10.2. The molecule has 0 aliphatic carbocycles. The van der Waals surface area contributed by atoms with Crippen molar-refractivity contribution < 1.29 is 23.8 Å². The molecule has 0 N–H and O–H groups in total. The Morgan fingerprint density at radius 1 is 1.18 bits per heavy atom. The topological polar surface area (TPSA) is 66.8 Å². The van der Waals surface area contributed by atoms with E-state index in [4.69, 9.17) is 25.8 Å². The van der Waals surface area contributed by atoms with E-state index in [1.54, 1.807) is 18.2 Å². The first kappa shape index (κ1) is 24.4. The third-order valence-corrected chi connectivity index (χ3v) is 6.03. The Morgan fingerprint density at radius 3 is 2.61 bits per heavy atom. The molecule has 0 bridgehead atoms. The molecule has 7 heteroatoms. The molecule has 0 aliphatic heterocycles. The van der Waals surface area contributed by atoms with Crippen LogP contribution in [0.3, 0.4) is 0 Å². The van der Waals surface area contributed by atoms with Crippen LogP contribution in [-0.2, 0) is 20.8 Å². The second kappa shape index (κ2) is 10.6. The summed E-state index contributed by atoms with van der Waals surface area (Å²) in [4.78, 5) is 24.2. The van der Waals surface area contributed by atoms with E-state index in [1.165, 1.54) is 13.2 Å². The maximum absolute atomic E-state index is 12.3. The van der Waals surface area contributed by atoms with E-state index in [0.717, 1.165) is 27.7 Å². The first-order chi connectivity index (χ1) is 15.8. The predicted octanol–water partition coefficient (Wildman–Crippen LogP) is 5.63. The van der Waals surface area contributed by atoms with Crippen molar-refractivity contribution in [2.24, 2.45) is 0 Å². The molecule has 0 saturated heterocycles. The summed E-state index contributed by atoms with van der Waals surface area (Å²) < 4.78 is 18.0. The number of aryl methyl sites for hydroxylation is 1. The summed E-state index contributed by atoms with van der Waals surface area (Å²) in [6.07, 6.45) is 1.35. The first-order valence-electron chi connectivity index (χ1n) is 10.7. The Hall–Kier alpha value is -3.25. The Morgan fingerprint density at radius 2 is 1.94 bits per heavy atom. The minimum Gasteiger partial charge on any atom is -0.479 e. The lowest BCUT2D eigenvalue weighted by Gasteiger charge is -2.17. The number of methoxy groups -OCH3 is 1. The molecular formula is C26H28ClNO5. The van der Waals surface area contributed by atoms with Gasteiger partial charge in [-0.1, -0.05) is 31.2 Å². The van der Waals surface area contributed by atoms with E-state index in [1.807, 2.05) is 39.0 Å². The molecule has 0 unspecified atom stereocenters. The number of aromatic nitrogens is 1. The molecule has 0 spiro atoms. The lowest BCUT2D eigenvalue weighted by atomic mass is 10.1. The highest BCUT2D eigenvalue weighted by molar-refractivity contribution is 6.31. The lowest BCUT2D eigenvalue weighted by molar-refractivity contribution is -0.148.